The van der Waals surface area contributed by atoms with Gasteiger partial charge in [-0.15, -0.1) is 0 Å². The van der Waals surface area contributed by atoms with E-state index in [-0.39, 0.29) is 11.3 Å². The number of aliphatic hydroxyl groups is 1. The van der Waals surface area contributed by atoms with Crippen LogP contribution in [0, 0.1) is 0 Å². The van der Waals surface area contributed by atoms with Crippen molar-refractivity contribution in [3.8, 4) is 17.2 Å². The standard InChI is InChI=1S/C28H26BrNO6/c1-5-16-6-8-17(9-7-16)25-24(26(31)18-10-12-21(34-2)20(29)14-18)27(32)28(33)30(25)19-11-13-22(35-3)23(15-19)36-4/h6-15,25,31H,5H2,1-4H3/b26-24+. The Kier molecular flexibility index (Phi) is 7.35. The fraction of sp³-hybridized carbons (Fsp3) is 0.214. The average molecular weight is 552 g/mol. The van der Waals surface area contributed by atoms with E-state index in [0.29, 0.717) is 38.5 Å². The van der Waals surface area contributed by atoms with Crippen LogP contribution in [0.1, 0.15) is 29.7 Å². The second-order valence-electron chi connectivity index (χ2n) is 8.15. The van der Waals surface area contributed by atoms with Crippen molar-refractivity contribution in [1.29, 1.82) is 0 Å². The van der Waals surface area contributed by atoms with Crippen molar-refractivity contribution in [2.75, 3.05) is 26.2 Å². The highest BCUT2D eigenvalue weighted by molar-refractivity contribution is 9.10. The normalized spacial score (nSPS) is 16.8. The molecule has 4 rings (SSSR count). The molecule has 0 spiro atoms. The first kappa shape index (κ1) is 25.3. The lowest BCUT2D eigenvalue weighted by atomic mass is 9.94. The number of halogens is 1. The predicted octanol–water partition coefficient (Wildman–Crippen LogP) is 5.66. The Morgan fingerprint density at radius 3 is 2.11 bits per heavy atom. The summed E-state index contributed by atoms with van der Waals surface area (Å²) in [5, 5.41) is 11.4. The van der Waals surface area contributed by atoms with E-state index in [2.05, 4.69) is 15.9 Å². The number of hydrogen-bond acceptors (Lipinski definition) is 6. The molecule has 0 saturated carbocycles. The molecule has 0 radical (unpaired) electrons. The lowest BCUT2D eigenvalue weighted by Crippen LogP contribution is -2.29. The minimum absolute atomic E-state index is 0.00361. The number of anilines is 1. The highest BCUT2D eigenvalue weighted by Crippen LogP contribution is 2.44. The Morgan fingerprint density at radius 1 is 0.889 bits per heavy atom. The zero-order valence-electron chi connectivity index (χ0n) is 20.4. The van der Waals surface area contributed by atoms with Gasteiger partial charge in [-0.25, -0.2) is 0 Å². The first-order valence-electron chi connectivity index (χ1n) is 11.3. The number of carbonyl (C=O) groups is 2. The van der Waals surface area contributed by atoms with Crippen LogP contribution >= 0.6 is 15.9 Å². The Balaban J connectivity index is 1.93. The summed E-state index contributed by atoms with van der Waals surface area (Å²) in [6, 6.07) is 16.8. The number of Topliss-reactive ketones (excluding diaryl/α,β-unsaturated/α-hetero) is 1. The van der Waals surface area contributed by atoms with Crippen LogP contribution in [-0.2, 0) is 16.0 Å². The van der Waals surface area contributed by atoms with Gasteiger partial charge in [-0.2, -0.15) is 0 Å². The minimum atomic E-state index is -0.852. The quantitative estimate of drug-likeness (QED) is 0.231. The van der Waals surface area contributed by atoms with Crippen LogP contribution in [-0.4, -0.2) is 38.1 Å². The summed E-state index contributed by atoms with van der Waals surface area (Å²) in [7, 11) is 4.55. The summed E-state index contributed by atoms with van der Waals surface area (Å²) in [6.45, 7) is 2.05. The zero-order chi connectivity index (χ0) is 26.0. The Labute approximate surface area is 218 Å². The first-order chi connectivity index (χ1) is 17.3. The summed E-state index contributed by atoms with van der Waals surface area (Å²) in [4.78, 5) is 28.2. The van der Waals surface area contributed by atoms with Crippen LogP contribution in [0.25, 0.3) is 5.76 Å². The highest BCUT2D eigenvalue weighted by Gasteiger charge is 2.47. The van der Waals surface area contributed by atoms with Gasteiger partial charge in [0.2, 0.25) is 0 Å². The van der Waals surface area contributed by atoms with E-state index in [1.807, 2.05) is 31.2 Å². The third-order valence-electron chi connectivity index (χ3n) is 6.22. The topological polar surface area (TPSA) is 85.3 Å². The number of aliphatic hydroxyl groups excluding tert-OH is 1. The highest BCUT2D eigenvalue weighted by atomic mass is 79.9. The molecule has 8 heteroatoms. The van der Waals surface area contributed by atoms with Crippen molar-refractivity contribution in [3.05, 3.63) is 87.4 Å². The monoisotopic (exact) mass is 551 g/mol. The Hall–Kier alpha value is -3.78. The van der Waals surface area contributed by atoms with Gasteiger partial charge in [-0.1, -0.05) is 31.2 Å². The van der Waals surface area contributed by atoms with E-state index in [0.717, 1.165) is 12.0 Å². The van der Waals surface area contributed by atoms with Crippen molar-refractivity contribution in [3.63, 3.8) is 0 Å². The molecule has 0 aliphatic carbocycles. The van der Waals surface area contributed by atoms with Gasteiger partial charge in [0.15, 0.2) is 11.5 Å². The molecule has 1 atom stereocenters. The van der Waals surface area contributed by atoms with E-state index in [9.17, 15) is 14.7 Å². The number of methoxy groups -OCH3 is 3. The molecular formula is C28H26BrNO6. The van der Waals surface area contributed by atoms with Gasteiger partial charge in [-0.05, 0) is 63.8 Å². The third-order valence-corrected chi connectivity index (χ3v) is 6.84. The van der Waals surface area contributed by atoms with Crippen molar-refractivity contribution in [2.45, 2.75) is 19.4 Å². The second kappa shape index (κ2) is 10.5. The molecule has 3 aromatic rings. The number of rotatable bonds is 7. The fourth-order valence-electron chi connectivity index (χ4n) is 4.29. The van der Waals surface area contributed by atoms with Gasteiger partial charge in [0.25, 0.3) is 11.7 Å². The molecule has 186 valence electrons. The molecule has 3 aromatic carbocycles. The molecule has 1 N–H and O–H groups in total. The molecule has 1 heterocycles. The summed E-state index contributed by atoms with van der Waals surface area (Å²) in [5.74, 6) is -0.325. The van der Waals surface area contributed by atoms with E-state index in [1.54, 1.807) is 36.4 Å². The van der Waals surface area contributed by atoms with Crippen molar-refractivity contribution < 1.29 is 28.9 Å². The number of amides is 1. The van der Waals surface area contributed by atoms with Gasteiger partial charge in [-0.3, -0.25) is 14.5 Å². The smallest absolute Gasteiger partial charge is 0.300 e. The zero-order valence-corrected chi connectivity index (χ0v) is 22.0. The molecular weight excluding hydrogens is 526 g/mol. The largest absolute Gasteiger partial charge is 0.507 e. The number of aryl methyl sites for hydroxylation is 1. The fourth-order valence-corrected chi connectivity index (χ4v) is 4.83. The number of nitrogens with zero attached hydrogens (tertiary/aromatic N) is 1. The molecule has 1 aliphatic heterocycles. The number of ketones is 1. The molecule has 0 bridgehead atoms. The molecule has 1 fully saturated rings. The predicted molar refractivity (Wildman–Crippen MR) is 141 cm³/mol. The SMILES string of the molecule is CCc1ccc(C2/C(=C(\O)c3ccc(OC)c(Br)c3)C(=O)C(=O)N2c2ccc(OC)c(OC)c2)cc1. The number of ether oxygens (including phenoxy) is 3. The number of benzene rings is 3. The molecule has 1 unspecified atom stereocenters. The van der Waals surface area contributed by atoms with E-state index < -0.39 is 17.7 Å². The van der Waals surface area contributed by atoms with Gasteiger partial charge in [0.05, 0.1) is 37.4 Å². The second-order valence-corrected chi connectivity index (χ2v) is 9.01. The number of hydrogen-bond donors (Lipinski definition) is 1. The van der Waals surface area contributed by atoms with Gasteiger partial charge in [0.1, 0.15) is 11.5 Å². The van der Waals surface area contributed by atoms with E-state index in [4.69, 9.17) is 14.2 Å². The lowest BCUT2D eigenvalue weighted by molar-refractivity contribution is -0.132. The van der Waals surface area contributed by atoms with Crippen LogP contribution in [0.5, 0.6) is 17.2 Å². The average Bonchev–Trinajstić information content (AvgIpc) is 3.17. The van der Waals surface area contributed by atoms with Crippen LogP contribution in [0.4, 0.5) is 5.69 Å². The number of carbonyl (C=O) groups excluding carboxylic acids is 2. The molecule has 1 aliphatic rings. The third kappa shape index (κ3) is 4.44. The van der Waals surface area contributed by atoms with E-state index >= 15 is 0 Å². The van der Waals surface area contributed by atoms with Gasteiger partial charge < -0.3 is 19.3 Å². The molecule has 36 heavy (non-hydrogen) atoms. The van der Waals surface area contributed by atoms with E-state index in [1.165, 1.54) is 26.2 Å². The maximum Gasteiger partial charge on any atom is 0.300 e. The van der Waals surface area contributed by atoms with Crippen LogP contribution in [0.3, 0.4) is 0 Å². The summed E-state index contributed by atoms with van der Waals surface area (Å²) >= 11 is 3.42. The van der Waals surface area contributed by atoms with Crippen molar-refractivity contribution in [2.24, 2.45) is 0 Å². The summed E-state index contributed by atoms with van der Waals surface area (Å²) in [5.41, 5.74) is 2.62. The Morgan fingerprint density at radius 2 is 1.53 bits per heavy atom. The molecule has 1 amide bonds. The van der Waals surface area contributed by atoms with Crippen molar-refractivity contribution >= 4 is 39.1 Å². The maximum atomic E-state index is 13.4. The summed E-state index contributed by atoms with van der Waals surface area (Å²) in [6.07, 6.45) is 0.843. The minimum Gasteiger partial charge on any atom is -0.507 e. The molecule has 1 saturated heterocycles. The van der Waals surface area contributed by atoms with Crippen molar-refractivity contribution in [1.82, 2.24) is 0 Å². The van der Waals surface area contributed by atoms with Crippen LogP contribution < -0.4 is 19.1 Å². The first-order valence-corrected chi connectivity index (χ1v) is 12.1. The summed E-state index contributed by atoms with van der Waals surface area (Å²) < 4.78 is 16.6. The maximum absolute atomic E-state index is 13.4. The van der Waals surface area contributed by atoms with Crippen LogP contribution in [0.2, 0.25) is 0 Å². The lowest BCUT2D eigenvalue weighted by Gasteiger charge is -2.26. The van der Waals surface area contributed by atoms with Gasteiger partial charge in [0, 0.05) is 17.3 Å². The molecule has 0 aromatic heterocycles. The Bertz CT molecular complexity index is 1350. The van der Waals surface area contributed by atoms with Crippen LogP contribution in [0.15, 0.2) is 70.7 Å². The molecule has 7 nitrogen and oxygen atoms in total. The van der Waals surface area contributed by atoms with Gasteiger partial charge >= 0.3 is 0 Å².